The fraction of sp³-hybridized carbons (Fsp3) is 0.278. The molecule has 2 rings (SSSR count). The van der Waals surface area contributed by atoms with Gasteiger partial charge in [-0.2, -0.15) is 0 Å². The molecule has 5 heteroatoms. The summed E-state index contributed by atoms with van der Waals surface area (Å²) in [6, 6.07) is 14.3. The average Bonchev–Trinajstić information content (AvgIpc) is 2.57. The van der Waals surface area contributed by atoms with Gasteiger partial charge in [0.1, 0.15) is 5.82 Å². The van der Waals surface area contributed by atoms with E-state index in [9.17, 15) is 14.3 Å². The number of nitrogens with zero attached hydrogens (tertiary/aromatic N) is 1. The van der Waals surface area contributed by atoms with E-state index in [0.717, 1.165) is 5.56 Å². The van der Waals surface area contributed by atoms with Gasteiger partial charge >= 0.3 is 6.03 Å². The van der Waals surface area contributed by atoms with Crippen LogP contribution >= 0.6 is 0 Å². The SMILES string of the molecule is CCN(C(=O)Nc1ccccc1F)C(C)C(O)c1ccccc1. The largest absolute Gasteiger partial charge is 0.386 e. The van der Waals surface area contributed by atoms with E-state index in [-0.39, 0.29) is 5.69 Å². The van der Waals surface area contributed by atoms with Gasteiger partial charge in [-0.15, -0.1) is 0 Å². The zero-order chi connectivity index (χ0) is 16.8. The number of para-hydroxylation sites is 1. The molecule has 0 aliphatic carbocycles. The van der Waals surface area contributed by atoms with Gasteiger partial charge in [-0.25, -0.2) is 9.18 Å². The van der Waals surface area contributed by atoms with Crippen LogP contribution in [-0.4, -0.2) is 28.6 Å². The summed E-state index contributed by atoms with van der Waals surface area (Å²) >= 11 is 0. The van der Waals surface area contributed by atoms with Crippen LogP contribution in [0.25, 0.3) is 0 Å². The Kier molecular flexibility index (Phi) is 5.71. The quantitative estimate of drug-likeness (QED) is 0.881. The Hall–Kier alpha value is -2.40. The van der Waals surface area contributed by atoms with Crippen molar-refractivity contribution < 1.29 is 14.3 Å². The lowest BCUT2D eigenvalue weighted by Crippen LogP contribution is -2.44. The van der Waals surface area contributed by atoms with Crippen molar-refractivity contribution in [2.45, 2.75) is 26.0 Å². The monoisotopic (exact) mass is 316 g/mol. The molecule has 2 atom stereocenters. The lowest BCUT2D eigenvalue weighted by Gasteiger charge is -2.31. The van der Waals surface area contributed by atoms with E-state index < -0.39 is 24.0 Å². The van der Waals surface area contributed by atoms with Crippen LogP contribution in [0.4, 0.5) is 14.9 Å². The maximum atomic E-state index is 13.7. The summed E-state index contributed by atoms with van der Waals surface area (Å²) in [5.41, 5.74) is 0.856. The molecule has 0 fully saturated rings. The zero-order valence-corrected chi connectivity index (χ0v) is 13.2. The van der Waals surface area contributed by atoms with Crippen LogP contribution in [0.2, 0.25) is 0 Å². The van der Waals surface area contributed by atoms with Crippen molar-refractivity contribution in [1.82, 2.24) is 4.90 Å². The summed E-state index contributed by atoms with van der Waals surface area (Å²) in [7, 11) is 0. The summed E-state index contributed by atoms with van der Waals surface area (Å²) < 4.78 is 13.7. The first kappa shape index (κ1) is 17.0. The number of aliphatic hydroxyl groups is 1. The van der Waals surface area contributed by atoms with E-state index in [4.69, 9.17) is 0 Å². The van der Waals surface area contributed by atoms with Crippen molar-refractivity contribution in [3.05, 3.63) is 66.0 Å². The predicted octanol–water partition coefficient (Wildman–Crippen LogP) is 3.80. The van der Waals surface area contributed by atoms with Crippen LogP contribution in [0.15, 0.2) is 54.6 Å². The number of carbonyl (C=O) groups excluding carboxylic acids is 1. The first-order valence-corrected chi connectivity index (χ1v) is 7.59. The van der Waals surface area contributed by atoms with Gasteiger partial charge in [0.2, 0.25) is 0 Å². The van der Waals surface area contributed by atoms with Crippen molar-refractivity contribution >= 4 is 11.7 Å². The van der Waals surface area contributed by atoms with Gasteiger partial charge in [-0.05, 0) is 31.5 Å². The van der Waals surface area contributed by atoms with E-state index in [1.165, 1.54) is 17.0 Å². The number of anilines is 1. The van der Waals surface area contributed by atoms with Gasteiger partial charge in [-0.1, -0.05) is 42.5 Å². The Morgan fingerprint density at radius 1 is 1.17 bits per heavy atom. The molecule has 23 heavy (non-hydrogen) atoms. The number of halogens is 1. The van der Waals surface area contributed by atoms with Crippen LogP contribution in [0.5, 0.6) is 0 Å². The molecular formula is C18H21FN2O2. The van der Waals surface area contributed by atoms with Crippen molar-refractivity contribution in [3.63, 3.8) is 0 Å². The fourth-order valence-corrected chi connectivity index (χ4v) is 2.47. The highest BCUT2D eigenvalue weighted by Crippen LogP contribution is 2.22. The minimum Gasteiger partial charge on any atom is -0.386 e. The highest BCUT2D eigenvalue weighted by molar-refractivity contribution is 5.89. The van der Waals surface area contributed by atoms with Crippen LogP contribution in [0, 0.1) is 5.82 Å². The molecular weight excluding hydrogens is 295 g/mol. The van der Waals surface area contributed by atoms with Gasteiger partial charge in [0.05, 0.1) is 17.8 Å². The topological polar surface area (TPSA) is 52.6 Å². The van der Waals surface area contributed by atoms with Crippen molar-refractivity contribution in [2.24, 2.45) is 0 Å². The second-order valence-corrected chi connectivity index (χ2v) is 5.29. The van der Waals surface area contributed by atoms with Gasteiger partial charge < -0.3 is 15.3 Å². The van der Waals surface area contributed by atoms with Crippen molar-refractivity contribution in [3.8, 4) is 0 Å². The summed E-state index contributed by atoms with van der Waals surface area (Å²) in [4.78, 5) is 13.9. The fourth-order valence-electron chi connectivity index (χ4n) is 2.47. The molecule has 2 aromatic carbocycles. The number of benzene rings is 2. The molecule has 0 aromatic heterocycles. The van der Waals surface area contributed by atoms with Gasteiger partial charge in [0.25, 0.3) is 0 Å². The van der Waals surface area contributed by atoms with E-state index in [0.29, 0.717) is 6.54 Å². The normalized spacial score (nSPS) is 13.2. The molecule has 0 radical (unpaired) electrons. The van der Waals surface area contributed by atoms with E-state index in [2.05, 4.69) is 5.32 Å². The Labute approximate surface area is 135 Å². The van der Waals surface area contributed by atoms with E-state index in [1.807, 2.05) is 37.3 Å². The molecule has 0 aliphatic heterocycles. The number of likely N-dealkylation sites (N-methyl/N-ethyl adjacent to an activating group) is 1. The van der Waals surface area contributed by atoms with Gasteiger partial charge in [0, 0.05) is 6.54 Å². The Morgan fingerprint density at radius 2 is 1.78 bits per heavy atom. The number of hydrogen-bond donors (Lipinski definition) is 2. The summed E-state index contributed by atoms with van der Waals surface area (Å²) in [6.07, 6.45) is -0.817. The minimum absolute atomic E-state index is 0.123. The third kappa shape index (κ3) is 4.07. The zero-order valence-electron chi connectivity index (χ0n) is 13.2. The van der Waals surface area contributed by atoms with E-state index >= 15 is 0 Å². The molecule has 0 bridgehead atoms. The first-order valence-electron chi connectivity index (χ1n) is 7.59. The molecule has 0 spiro atoms. The van der Waals surface area contributed by atoms with Gasteiger partial charge in [0.15, 0.2) is 0 Å². The number of amides is 2. The molecule has 0 heterocycles. The third-order valence-corrected chi connectivity index (χ3v) is 3.81. The number of aliphatic hydroxyl groups excluding tert-OH is 1. The van der Waals surface area contributed by atoms with Crippen molar-refractivity contribution in [1.29, 1.82) is 0 Å². The third-order valence-electron chi connectivity index (χ3n) is 3.81. The summed E-state index contributed by atoms with van der Waals surface area (Å²) in [6.45, 7) is 3.97. The minimum atomic E-state index is -0.817. The summed E-state index contributed by atoms with van der Waals surface area (Å²) in [5, 5.41) is 13.0. The van der Waals surface area contributed by atoms with E-state index in [1.54, 1.807) is 19.1 Å². The first-order chi connectivity index (χ1) is 11.0. The molecule has 2 amide bonds. The number of hydrogen-bond acceptors (Lipinski definition) is 2. The van der Waals surface area contributed by atoms with Crippen LogP contribution in [-0.2, 0) is 0 Å². The number of urea groups is 1. The molecule has 0 saturated carbocycles. The Bertz CT molecular complexity index is 648. The molecule has 0 saturated heterocycles. The standard InChI is InChI=1S/C18H21FN2O2/c1-3-21(13(2)17(22)14-9-5-4-6-10-14)18(23)20-16-12-8-7-11-15(16)19/h4-13,17,22H,3H2,1-2H3,(H,20,23). The summed E-state index contributed by atoms with van der Waals surface area (Å²) in [5.74, 6) is -0.492. The van der Waals surface area contributed by atoms with Crippen LogP contribution in [0.3, 0.4) is 0 Å². The van der Waals surface area contributed by atoms with Crippen molar-refractivity contribution in [2.75, 3.05) is 11.9 Å². The maximum absolute atomic E-state index is 13.7. The van der Waals surface area contributed by atoms with Gasteiger partial charge in [-0.3, -0.25) is 0 Å². The number of nitrogens with one attached hydrogen (secondary N) is 1. The Morgan fingerprint density at radius 3 is 2.39 bits per heavy atom. The molecule has 4 nitrogen and oxygen atoms in total. The molecule has 2 aromatic rings. The smallest absolute Gasteiger partial charge is 0.322 e. The maximum Gasteiger partial charge on any atom is 0.322 e. The second-order valence-electron chi connectivity index (χ2n) is 5.29. The predicted molar refractivity (Wildman–Crippen MR) is 88.7 cm³/mol. The highest BCUT2D eigenvalue weighted by atomic mass is 19.1. The molecule has 2 unspecified atom stereocenters. The second kappa shape index (κ2) is 7.74. The Balaban J connectivity index is 2.12. The van der Waals surface area contributed by atoms with Crippen LogP contribution < -0.4 is 5.32 Å². The molecule has 2 N–H and O–H groups in total. The molecule has 0 aliphatic rings. The number of rotatable bonds is 5. The lowest BCUT2D eigenvalue weighted by molar-refractivity contribution is 0.0804. The van der Waals surface area contributed by atoms with Crippen LogP contribution in [0.1, 0.15) is 25.5 Å². The lowest BCUT2D eigenvalue weighted by atomic mass is 10.0. The highest BCUT2D eigenvalue weighted by Gasteiger charge is 2.26. The molecule has 122 valence electrons. The average molecular weight is 316 g/mol. The number of carbonyl (C=O) groups is 1.